The number of imidazole rings is 1. The van der Waals surface area contributed by atoms with E-state index in [1.807, 2.05) is 54.2 Å². The molecule has 0 radical (unpaired) electrons. The Morgan fingerprint density at radius 1 is 1.20 bits per heavy atom. The van der Waals surface area contributed by atoms with Gasteiger partial charge in [0, 0.05) is 24.5 Å². The maximum Gasteiger partial charge on any atom is 0.132 e. The van der Waals surface area contributed by atoms with Gasteiger partial charge in [-0.05, 0) is 23.8 Å². The van der Waals surface area contributed by atoms with Crippen LogP contribution in [0.3, 0.4) is 0 Å². The molecular formula is C12H11ClN2. The Bertz CT molecular complexity index is 469. The largest absolute Gasteiger partial charge is 0.335 e. The fourth-order valence-electron chi connectivity index (χ4n) is 1.28. The fraction of sp³-hybridized carbons (Fsp3) is 0.0833. The van der Waals surface area contributed by atoms with Crippen molar-refractivity contribution in [3.63, 3.8) is 0 Å². The lowest BCUT2D eigenvalue weighted by Crippen LogP contribution is -1.88. The molecule has 0 unspecified atom stereocenters. The highest BCUT2D eigenvalue weighted by molar-refractivity contribution is 6.30. The van der Waals surface area contributed by atoms with Crippen molar-refractivity contribution in [3.8, 4) is 0 Å². The Morgan fingerprint density at radius 3 is 2.53 bits per heavy atom. The van der Waals surface area contributed by atoms with Gasteiger partial charge in [-0.3, -0.25) is 0 Å². The number of hydrogen-bond acceptors (Lipinski definition) is 1. The summed E-state index contributed by atoms with van der Waals surface area (Å²) in [6, 6.07) is 7.70. The zero-order valence-corrected chi connectivity index (χ0v) is 9.15. The Hall–Kier alpha value is -1.54. The van der Waals surface area contributed by atoms with Crippen LogP contribution in [0.1, 0.15) is 11.4 Å². The zero-order valence-electron chi connectivity index (χ0n) is 8.39. The summed E-state index contributed by atoms with van der Waals surface area (Å²) in [4.78, 5) is 4.20. The minimum Gasteiger partial charge on any atom is -0.335 e. The first-order valence-electron chi connectivity index (χ1n) is 4.67. The second-order valence-electron chi connectivity index (χ2n) is 3.28. The van der Waals surface area contributed by atoms with Crippen LogP contribution in [0.5, 0.6) is 0 Å². The average molecular weight is 219 g/mol. The molecule has 0 saturated heterocycles. The van der Waals surface area contributed by atoms with Crippen LogP contribution < -0.4 is 0 Å². The van der Waals surface area contributed by atoms with E-state index in [9.17, 15) is 0 Å². The monoisotopic (exact) mass is 218 g/mol. The lowest BCUT2D eigenvalue weighted by atomic mass is 10.2. The molecule has 0 amide bonds. The zero-order chi connectivity index (χ0) is 10.7. The molecule has 15 heavy (non-hydrogen) atoms. The first-order valence-corrected chi connectivity index (χ1v) is 5.04. The van der Waals surface area contributed by atoms with Crippen molar-refractivity contribution in [2.24, 2.45) is 7.05 Å². The Labute approximate surface area is 93.8 Å². The van der Waals surface area contributed by atoms with Crippen LogP contribution in [0.15, 0.2) is 36.7 Å². The van der Waals surface area contributed by atoms with Crippen LogP contribution in [-0.4, -0.2) is 9.55 Å². The third-order valence-electron chi connectivity index (χ3n) is 2.15. The molecule has 0 N–H and O–H groups in total. The Kier molecular flexibility index (Phi) is 2.88. The molecule has 0 aliphatic carbocycles. The highest BCUT2D eigenvalue weighted by atomic mass is 35.5. The third kappa shape index (κ3) is 2.48. The molecule has 0 saturated carbocycles. The predicted octanol–water partition coefficient (Wildman–Crippen LogP) is 3.24. The first-order chi connectivity index (χ1) is 7.25. The van der Waals surface area contributed by atoms with Gasteiger partial charge in [-0.1, -0.05) is 29.8 Å². The van der Waals surface area contributed by atoms with Crippen LogP contribution in [0, 0.1) is 0 Å². The number of aryl methyl sites for hydroxylation is 1. The van der Waals surface area contributed by atoms with Gasteiger partial charge in [0.2, 0.25) is 0 Å². The van der Waals surface area contributed by atoms with Crippen molar-refractivity contribution in [1.82, 2.24) is 9.55 Å². The summed E-state index contributed by atoms with van der Waals surface area (Å²) in [5.41, 5.74) is 1.11. The van der Waals surface area contributed by atoms with E-state index >= 15 is 0 Å². The molecule has 76 valence electrons. The predicted molar refractivity (Wildman–Crippen MR) is 63.6 cm³/mol. The van der Waals surface area contributed by atoms with Gasteiger partial charge < -0.3 is 4.57 Å². The summed E-state index contributed by atoms with van der Waals surface area (Å²) in [6.07, 6.45) is 7.69. The van der Waals surface area contributed by atoms with Crippen LogP contribution >= 0.6 is 11.6 Å². The van der Waals surface area contributed by atoms with E-state index in [0.29, 0.717) is 0 Å². The van der Waals surface area contributed by atoms with Gasteiger partial charge in [0.15, 0.2) is 0 Å². The van der Waals surface area contributed by atoms with Gasteiger partial charge in [0.1, 0.15) is 5.82 Å². The Morgan fingerprint density at radius 2 is 1.93 bits per heavy atom. The smallest absolute Gasteiger partial charge is 0.132 e. The quantitative estimate of drug-likeness (QED) is 0.757. The SMILES string of the molecule is Cn1ccnc1C=Cc1ccc(Cl)cc1. The molecule has 0 aliphatic rings. The Balaban J connectivity index is 2.19. The van der Waals surface area contributed by atoms with E-state index < -0.39 is 0 Å². The molecule has 2 rings (SSSR count). The summed E-state index contributed by atoms with van der Waals surface area (Å²) in [6.45, 7) is 0. The van der Waals surface area contributed by atoms with Gasteiger partial charge in [-0.2, -0.15) is 0 Å². The maximum absolute atomic E-state index is 5.80. The number of halogens is 1. The number of hydrogen-bond donors (Lipinski definition) is 0. The number of nitrogens with zero attached hydrogens (tertiary/aromatic N) is 2. The second-order valence-corrected chi connectivity index (χ2v) is 3.72. The molecule has 0 aliphatic heterocycles. The van der Waals surface area contributed by atoms with Crippen molar-refractivity contribution in [3.05, 3.63) is 53.1 Å². The van der Waals surface area contributed by atoms with E-state index in [1.54, 1.807) is 6.20 Å². The van der Waals surface area contributed by atoms with Gasteiger partial charge in [0.25, 0.3) is 0 Å². The highest BCUT2D eigenvalue weighted by Gasteiger charge is 1.92. The third-order valence-corrected chi connectivity index (χ3v) is 2.41. The molecule has 1 aromatic heterocycles. The fourth-order valence-corrected chi connectivity index (χ4v) is 1.41. The molecule has 0 atom stereocenters. The van der Waals surface area contributed by atoms with Crippen molar-refractivity contribution in [1.29, 1.82) is 0 Å². The van der Waals surface area contributed by atoms with Crippen molar-refractivity contribution in [2.75, 3.05) is 0 Å². The summed E-state index contributed by atoms with van der Waals surface area (Å²) < 4.78 is 1.96. The standard InChI is InChI=1S/C12H11ClN2/c1-15-9-8-14-12(15)7-4-10-2-5-11(13)6-3-10/h2-9H,1H3. The van der Waals surface area contributed by atoms with Gasteiger partial charge in [-0.15, -0.1) is 0 Å². The van der Waals surface area contributed by atoms with E-state index in [-0.39, 0.29) is 0 Å². The van der Waals surface area contributed by atoms with Gasteiger partial charge in [-0.25, -0.2) is 4.98 Å². The summed E-state index contributed by atoms with van der Waals surface area (Å²) in [5.74, 6) is 0.935. The minimum absolute atomic E-state index is 0.754. The van der Waals surface area contributed by atoms with Crippen LogP contribution in [0.4, 0.5) is 0 Å². The van der Waals surface area contributed by atoms with E-state index in [2.05, 4.69) is 4.98 Å². The van der Waals surface area contributed by atoms with Crippen LogP contribution in [-0.2, 0) is 7.05 Å². The molecule has 3 heteroatoms. The number of benzene rings is 1. The van der Waals surface area contributed by atoms with Crippen LogP contribution in [0.25, 0.3) is 12.2 Å². The van der Waals surface area contributed by atoms with E-state index in [1.165, 1.54) is 0 Å². The maximum atomic E-state index is 5.80. The first kappa shape index (κ1) is 9.99. The van der Waals surface area contributed by atoms with Crippen molar-refractivity contribution >= 4 is 23.8 Å². The molecule has 0 spiro atoms. The van der Waals surface area contributed by atoms with Gasteiger partial charge in [0.05, 0.1) is 0 Å². The molecular weight excluding hydrogens is 208 g/mol. The van der Waals surface area contributed by atoms with Crippen molar-refractivity contribution in [2.45, 2.75) is 0 Å². The number of rotatable bonds is 2. The summed E-state index contributed by atoms with van der Waals surface area (Å²) in [5, 5.41) is 0.754. The van der Waals surface area contributed by atoms with E-state index in [4.69, 9.17) is 11.6 Å². The summed E-state index contributed by atoms with van der Waals surface area (Å²) in [7, 11) is 1.97. The van der Waals surface area contributed by atoms with Crippen LogP contribution in [0.2, 0.25) is 5.02 Å². The van der Waals surface area contributed by atoms with E-state index in [0.717, 1.165) is 16.4 Å². The molecule has 0 bridgehead atoms. The minimum atomic E-state index is 0.754. The highest BCUT2D eigenvalue weighted by Crippen LogP contribution is 2.11. The topological polar surface area (TPSA) is 17.8 Å². The molecule has 1 aromatic carbocycles. The van der Waals surface area contributed by atoms with Gasteiger partial charge >= 0.3 is 0 Å². The summed E-state index contributed by atoms with van der Waals surface area (Å²) >= 11 is 5.80. The second kappa shape index (κ2) is 4.32. The average Bonchev–Trinajstić information content (AvgIpc) is 2.63. The molecule has 2 nitrogen and oxygen atoms in total. The molecule has 1 heterocycles. The normalized spacial score (nSPS) is 11.1. The lowest BCUT2D eigenvalue weighted by Gasteiger charge is -1.95. The molecule has 2 aromatic rings. The molecule has 0 fully saturated rings. The number of aromatic nitrogens is 2. The lowest BCUT2D eigenvalue weighted by molar-refractivity contribution is 0.898. The van der Waals surface area contributed by atoms with Crippen molar-refractivity contribution < 1.29 is 0 Å².